The number of hydrogen-bond acceptors (Lipinski definition) is 2. The maximum Gasteiger partial charge on any atom is 0.122 e. The Bertz CT molecular complexity index is 552. The summed E-state index contributed by atoms with van der Waals surface area (Å²) in [6, 6.07) is 10.3. The average Bonchev–Trinajstić information content (AvgIpc) is 2.26. The molecule has 0 amide bonds. The summed E-state index contributed by atoms with van der Waals surface area (Å²) in [7, 11) is 0. The van der Waals surface area contributed by atoms with Crippen molar-refractivity contribution in [3.8, 4) is 5.75 Å². The largest absolute Gasteiger partial charge is 0.489 e. The van der Waals surface area contributed by atoms with Crippen molar-refractivity contribution in [2.75, 3.05) is 5.73 Å². The van der Waals surface area contributed by atoms with Crippen molar-refractivity contribution in [3.63, 3.8) is 0 Å². The first-order valence-corrected chi connectivity index (χ1v) is 6.31. The molecule has 0 aliphatic heterocycles. The molecule has 0 atom stereocenters. The highest BCUT2D eigenvalue weighted by molar-refractivity contribution is 6.34. The van der Waals surface area contributed by atoms with Crippen LogP contribution in [0.15, 0.2) is 36.4 Å². The highest BCUT2D eigenvalue weighted by atomic mass is 35.5. The zero-order valence-corrected chi connectivity index (χ0v) is 11.6. The van der Waals surface area contributed by atoms with Crippen molar-refractivity contribution in [1.29, 1.82) is 0 Å². The summed E-state index contributed by atoms with van der Waals surface area (Å²) in [5.41, 5.74) is 7.28. The first-order valence-electron chi connectivity index (χ1n) is 5.17. The van der Waals surface area contributed by atoms with Crippen LogP contribution in [0, 0.1) is 0 Å². The summed E-state index contributed by atoms with van der Waals surface area (Å²) < 4.78 is 5.58. The van der Waals surface area contributed by atoms with Gasteiger partial charge in [0.25, 0.3) is 0 Å². The Kier molecular flexibility index (Phi) is 4.23. The lowest BCUT2D eigenvalue weighted by molar-refractivity contribution is 0.307. The van der Waals surface area contributed by atoms with Gasteiger partial charge in [0.05, 0.1) is 0 Å². The Morgan fingerprint density at radius 3 is 2.17 bits per heavy atom. The number of ether oxygens (including phenoxy) is 1. The summed E-state index contributed by atoms with van der Waals surface area (Å²) in [5, 5.41) is 1.66. The van der Waals surface area contributed by atoms with Gasteiger partial charge in [-0.25, -0.2) is 0 Å². The third-order valence-corrected chi connectivity index (χ3v) is 3.01. The molecule has 2 aromatic rings. The first-order chi connectivity index (χ1) is 8.54. The van der Waals surface area contributed by atoms with Gasteiger partial charge in [0.15, 0.2) is 0 Å². The zero-order chi connectivity index (χ0) is 13.1. The van der Waals surface area contributed by atoms with Crippen LogP contribution >= 0.6 is 34.8 Å². The number of nitrogen functional groups attached to an aromatic ring is 1. The van der Waals surface area contributed by atoms with Crippen LogP contribution in [-0.2, 0) is 6.61 Å². The molecule has 2 nitrogen and oxygen atoms in total. The van der Waals surface area contributed by atoms with E-state index in [0.717, 1.165) is 5.56 Å². The van der Waals surface area contributed by atoms with Crippen molar-refractivity contribution in [3.05, 3.63) is 57.0 Å². The molecule has 2 rings (SSSR count). The Morgan fingerprint density at radius 1 is 0.889 bits per heavy atom. The molecule has 0 bridgehead atoms. The van der Waals surface area contributed by atoms with E-state index in [-0.39, 0.29) is 0 Å². The Labute approximate surface area is 120 Å². The molecule has 0 aliphatic rings. The lowest BCUT2D eigenvalue weighted by Crippen LogP contribution is -2.00. The zero-order valence-electron chi connectivity index (χ0n) is 9.29. The molecule has 0 aliphatic carbocycles. The van der Waals surface area contributed by atoms with Gasteiger partial charge in [0, 0.05) is 26.3 Å². The third kappa shape index (κ3) is 3.45. The van der Waals surface area contributed by atoms with Gasteiger partial charge in [-0.15, -0.1) is 0 Å². The fourth-order valence-corrected chi connectivity index (χ4v) is 2.16. The molecule has 2 N–H and O–H groups in total. The Morgan fingerprint density at radius 2 is 1.56 bits per heavy atom. The lowest BCUT2D eigenvalue weighted by atomic mass is 10.2. The highest BCUT2D eigenvalue weighted by Crippen LogP contribution is 2.26. The maximum absolute atomic E-state index is 5.88. The van der Waals surface area contributed by atoms with E-state index in [1.165, 1.54) is 0 Å². The minimum atomic E-state index is 0.333. The molecule has 94 valence electrons. The number of anilines is 1. The fourth-order valence-electron chi connectivity index (χ4n) is 1.47. The summed E-state index contributed by atoms with van der Waals surface area (Å²) >= 11 is 17.6. The molecule has 5 heteroatoms. The van der Waals surface area contributed by atoms with Crippen LogP contribution in [0.1, 0.15) is 5.56 Å². The van der Waals surface area contributed by atoms with Gasteiger partial charge in [-0.05, 0) is 30.3 Å². The molecule has 0 fully saturated rings. The van der Waals surface area contributed by atoms with Crippen molar-refractivity contribution >= 4 is 40.5 Å². The minimum Gasteiger partial charge on any atom is -0.489 e. The molecule has 0 saturated heterocycles. The molecular formula is C13H10Cl3NO. The van der Waals surface area contributed by atoms with Crippen molar-refractivity contribution < 1.29 is 4.74 Å². The molecule has 18 heavy (non-hydrogen) atoms. The van der Waals surface area contributed by atoms with E-state index in [1.807, 2.05) is 6.07 Å². The molecule has 0 aromatic heterocycles. The van der Waals surface area contributed by atoms with Gasteiger partial charge >= 0.3 is 0 Å². The molecule has 0 radical (unpaired) electrons. The van der Waals surface area contributed by atoms with E-state index < -0.39 is 0 Å². The van der Waals surface area contributed by atoms with Crippen LogP contribution in [-0.4, -0.2) is 0 Å². The Hall–Kier alpha value is -1.09. The molecule has 0 unspecified atom stereocenters. The molecule has 2 aromatic carbocycles. The van der Waals surface area contributed by atoms with Crippen LogP contribution < -0.4 is 10.5 Å². The second-order valence-corrected chi connectivity index (χ2v) is 5.05. The van der Waals surface area contributed by atoms with E-state index in [4.69, 9.17) is 45.3 Å². The van der Waals surface area contributed by atoms with Crippen LogP contribution in [0.25, 0.3) is 0 Å². The normalized spacial score (nSPS) is 10.4. The van der Waals surface area contributed by atoms with Crippen LogP contribution in [0.5, 0.6) is 5.75 Å². The van der Waals surface area contributed by atoms with Gasteiger partial charge in [0.2, 0.25) is 0 Å². The SMILES string of the molecule is Nc1cc(Cl)ccc1COc1cc(Cl)cc(Cl)c1. The Balaban J connectivity index is 2.11. The number of rotatable bonds is 3. The predicted molar refractivity (Wildman–Crippen MR) is 76.7 cm³/mol. The van der Waals surface area contributed by atoms with Gasteiger partial charge < -0.3 is 10.5 Å². The lowest BCUT2D eigenvalue weighted by Gasteiger charge is -2.09. The van der Waals surface area contributed by atoms with Gasteiger partial charge in [-0.3, -0.25) is 0 Å². The molecular weight excluding hydrogens is 293 g/mol. The minimum absolute atomic E-state index is 0.333. The third-order valence-electron chi connectivity index (χ3n) is 2.34. The highest BCUT2D eigenvalue weighted by Gasteiger charge is 2.03. The molecule has 0 saturated carbocycles. The van der Waals surface area contributed by atoms with E-state index in [1.54, 1.807) is 30.3 Å². The van der Waals surface area contributed by atoms with E-state index in [2.05, 4.69) is 0 Å². The number of hydrogen-bond donors (Lipinski definition) is 1. The second-order valence-electron chi connectivity index (χ2n) is 3.74. The summed E-state index contributed by atoms with van der Waals surface area (Å²) in [5.74, 6) is 0.599. The van der Waals surface area contributed by atoms with Crippen molar-refractivity contribution in [2.45, 2.75) is 6.61 Å². The maximum atomic E-state index is 5.88. The number of benzene rings is 2. The molecule has 0 spiro atoms. The average molecular weight is 303 g/mol. The summed E-state index contributed by atoms with van der Waals surface area (Å²) in [6.07, 6.45) is 0. The van der Waals surface area contributed by atoms with E-state index in [0.29, 0.717) is 33.1 Å². The van der Waals surface area contributed by atoms with E-state index >= 15 is 0 Å². The van der Waals surface area contributed by atoms with Gasteiger partial charge in [-0.1, -0.05) is 40.9 Å². The van der Waals surface area contributed by atoms with Crippen molar-refractivity contribution in [1.82, 2.24) is 0 Å². The van der Waals surface area contributed by atoms with Gasteiger partial charge in [-0.2, -0.15) is 0 Å². The van der Waals surface area contributed by atoms with Crippen LogP contribution in [0.4, 0.5) is 5.69 Å². The first kappa shape index (κ1) is 13.3. The standard InChI is InChI=1S/C13H10Cl3NO/c14-9-2-1-8(13(17)6-9)7-18-12-4-10(15)3-11(16)5-12/h1-6H,7,17H2. The second kappa shape index (κ2) is 5.70. The fraction of sp³-hybridized carbons (Fsp3) is 0.0769. The number of nitrogens with two attached hydrogens (primary N) is 1. The van der Waals surface area contributed by atoms with E-state index in [9.17, 15) is 0 Å². The van der Waals surface area contributed by atoms with Crippen LogP contribution in [0.3, 0.4) is 0 Å². The number of halogens is 3. The topological polar surface area (TPSA) is 35.2 Å². The summed E-state index contributed by atoms with van der Waals surface area (Å²) in [4.78, 5) is 0. The van der Waals surface area contributed by atoms with Crippen molar-refractivity contribution in [2.24, 2.45) is 0 Å². The quantitative estimate of drug-likeness (QED) is 0.826. The molecule has 0 heterocycles. The summed E-state index contributed by atoms with van der Waals surface area (Å²) in [6.45, 7) is 0.333. The monoisotopic (exact) mass is 301 g/mol. The van der Waals surface area contributed by atoms with Crippen LogP contribution in [0.2, 0.25) is 15.1 Å². The van der Waals surface area contributed by atoms with Gasteiger partial charge in [0.1, 0.15) is 12.4 Å². The smallest absolute Gasteiger partial charge is 0.122 e. The predicted octanol–water partition coefficient (Wildman–Crippen LogP) is 4.81.